The summed E-state index contributed by atoms with van der Waals surface area (Å²) in [4.78, 5) is 11.1. The largest absolute Gasteiger partial charge is 0.478 e. The van der Waals surface area contributed by atoms with Crippen LogP contribution in [0.2, 0.25) is 0 Å². The average Bonchev–Trinajstić information content (AvgIpc) is 3.28. The van der Waals surface area contributed by atoms with Crippen molar-refractivity contribution in [2.45, 2.75) is 88.1 Å². The van der Waals surface area contributed by atoms with Crippen molar-refractivity contribution in [2.75, 3.05) is 0 Å². The Kier molecular flexibility index (Phi) is 6.58. The zero-order valence-corrected chi connectivity index (χ0v) is 20.7. The van der Waals surface area contributed by atoms with Gasteiger partial charge in [-0.05, 0) is 76.5 Å². The van der Waals surface area contributed by atoms with Crippen molar-refractivity contribution in [2.24, 2.45) is 0 Å². The third-order valence-corrected chi connectivity index (χ3v) is 8.92. The highest BCUT2D eigenvalue weighted by atomic mass is 32.2. The van der Waals surface area contributed by atoms with Crippen LogP contribution in [0.25, 0.3) is 12.2 Å². The molecule has 2 aliphatic carbocycles. The van der Waals surface area contributed by atoms with Gasteiger partial charge >= 0.3 is 5.97 Å². The Morgan fingerprint density at radius 3 is 2.16 bits per heavy atom. The second-order valence-electron chi connectivity index (χ2n) is 10.8. The molecule has 0 unspecified atom stereocenters. The quantitative estimate of drug-likeness (QED) is 0.454. The molecule has 0 atom stereocenters. The van der Waals surface area contributed by atoms with Crippen molar-refractivity contribution in [3.05, 3.63) is 69.8 Å². The molecular weight excluding hydrogens is 412 g/mol. The van der Waals surface area contributed by atoms with E-state index in [1.54, 1.807) is 12.1 Å². The molecule has 1 fully saturated rings. The van der Waals surface area contributed by atoms with Gasteiger partial charge < -0.3 is 5.11 Å². The number of thioether (sulfide) groups is 1. The predicted octanol–water partition coefficient (Wildman–Crippen LogP) is 8.08. The summed E-state index contributed by atoms with van der Waals surface area (Å²) >= 11 is 2.13. The van der Waals surface area contributed by atoms with Gasteiger partial charge in [0.25, 0.3) is 0 Å². The molecule has 170 valence electrons. The number of fused-ring (bicyclic) bond motifs is 1. The third kappa shape index (κ3) is 4.98. The van der Waals surface area contributed by atoms with Crippen molar-refractivity contribution < 1.29 is 9.90 Å². The van der Waals surface area contributed by atoms with E-state index in [-0.39, 0.29) is 10.8 Å². The molecule has 0 aliphatic heterocycles. The molecule has 0 radical (unpaired) electrons. The summed E-state index contributed by atoms with van der Waals surface area (Å²) in [5.41, 5.74) is 7.52. The van der Waals surface area contributed by atoms with E-state index in [9.17, 15) is 4.79 Å². The zero-order valence-electron chi connectivity index (χ0n) is 19.9. The molecule has 1 N–H and O–H groups in total. The van der Waals surface area contributed by atoms with Gasteiger partial charge in [0.15, 0.2) is 0 Å². The van der Waals surface area contributed by atoms with Gasteiger partial charge in [-0.3, -0.25) is 0 Å². The number of rotatable bonds is 6. The summed E-state index contributed by atoms with van der Waals surface area (Å²) < 4.78 is 0. The Balaban J connectivity index is 1.70. The fraction of sp³-hybridized carbons (Fsp3) is 0.483. The van der Waals surface area contributed by atoms with Gasteiger partial charge in [-0.15, -0.1) is 0 Å². The van der Waals surface area contributed by atoms with E-state index in [1.807, 2.05) is 12.1 Å². The molecule has 3 heteroatoms. The maximum atomic E-state index is 11.1. The first-order valence-electron chi connectivity index (χ1n) is 12.0. The number of hydrogen-bond donors (Lipinski definition) is 1. The highest BCUT2D eigenvalue weighted by molar-refractivity contribution is 7.99. The fourth-order valence-corrected chi connectivity index (χ4v) is 6.47. The first kappa shape index (κ1) is 23.2. The van der Waals surface area contributed by atoms with Crippen LogP contribution in [0.3, 0.4) is 0 Å². The minimum Gasteiger partial charge on any atom is -0.478 e. The Hall–Kier alpha value is -2.00. The Morgan fingerprint density at radius 1 is 0.969 bits per heavy atom. The maximum Gasteiger partial charge on any atom is 0.335 e. The number of carboxylic acids is 1. The van der Waals surface area contributed by atoms with Crippen molar-refractivity contribution in [1.82, 2.24) is 0 Å². The van der Waals surface area contributed by atoms with E-state index < -0.39 is 5.97 Å². The van der Waals surface area contributed by atoms with E-state index in [1.165, 1.54) is 60.8 Å². The molecule has 0 amide bonds. The summed E-state index contributed by atoms with van der Waals surface area (Å²) in [6.45, 7) is 9.56. The van der Waals surface area contributed by atoms with Crippen LogP contribution < -0.4 is 0 Å². The number of benzene rings is 2. The van der Waals surface area contributed by atoms with E-state index >= 15 is 0 Å². The molecule has 0 heterocycles. The molecule has 0 spiro atoms. The lowest BCUT2D eigenvalue weighted by molar-refractivity contribution is 0.0697. The van der Waals surface area contributed by atoms with Crippen LogP contribution in [0.1, 0.15) is 104 Å². The van der Waals surface area contributed by atoms with E-state index in [4.69, 9.17) is 5.11 Å². The Labute approximate surface area is 197 Å². The SMILES string of the molecule is CC1(C)CCC(C)(C)c2cc(CSC3CCCC3)c(/C=C/c3ccc(C(=O)O)cc3)cc21. The summed E-state index contributed by atoms with van der Waals surface area (Å²) in [5.74, 6) is 0.179. The fourth-order valence-electron chi connectivity index (χ4n) is 5.14. The van der Waals surface area contributed by atoms with Gasteiger partial charge in [0.05, 0.1) is 5.56 Å². The predicted molar refractivity (Wildman–Crippen MR) is 138 cm³/mol. The van der Waals surface area contributed by atoms with E-state index in [0.29, 0.717) is 5.56 Å². The van der Waals surface area contributed by atoms with Crippen molar-refractivity contribution in [1.29, 1.82) is 0 Å². The van der Waals surface area contributed by atoms with Crippen LogP contribution in [0.15, 0.2) is 36.4 Å². The number of hydrogen-bond acceptors (Lipinski definition) is 2. The normalized spacial score (nSPS) is 19.9. The monoisotopic (exact) mass is 448 g/mol. The highest BCUT2D eigenvalue weighted by Gasteiger charge is 2.37. The molecule has 2 aromatic rings. The summed E-state index contributed by atoms with van der Waals surface area (Å²) in [6.07, 6.45) is 12.3. The van der Waals surface area contributed by atoms with Crippen LogP contribution in [0.5, 0.6) is 0 Å². The average molecular weight is 449 g/mol. The minimum absolute atomic E-state index is 0.188. The second-order valence-corrected chi connectivity index (χ2v) is 12.1. The van der Waals surface area contributed by atoms with Crippen LogP contribution in [0, 0.1) is 0 Å². The van der Waals surface area contributed by atoms with Crippen LogP contribution in [0.4, 0.5) is 0 Å². The smallest absolute Gasteiger partial charge is 0.335 e. The van der Waals surface area contributed by atoms with Gasteiger partial charge in [0, 0.05) is 11.0 Å². The number of carbonyl (C=O) groups is 1. The number of aromatic carboxylic acids is 1. The zero-order chi connectivity index (χ0) is 22.9. The summed E-state index contributed by atoms with van der Waals surface area (Å²) in [6, 6.07) is 12.1. The molecule has 0 saturated heterocycles. The Bertz CT molecular complexity index is 1010. The lowest BCUT2D eigenvalue weighted by Crippen LogP contribution is -2.34. The van der Waals surface area contributed by atoms with Gasteiger partial charge in [-0.1, -0.05) is 77.0 Å². The first-order chi connectivity index (χ1) is 15.2. The van der Waals surface area contributed by atoms with Crippen LogP contribution in [-0.4, -0.2) is 16.3 Å². The standard InChI is InChI=1S/C29H36O2S/c1-28(2)15-16-29(3,4)26-18-23(19-32-24-7-5-6-8-24)22(17-25(26)28)14-11-20-9-12-21(13-10-20)27(30)31/h9-14,17-18,24H,5-8,15-16,19H2,1-4H3,(H,30,31)/b14-11+. The lowest BCUT2D eigenvalue weighted by Gasteiger charge is -2.42. The van der Waals surface area contributed by atoms with Crippen molar-refractivity contribution in [3.63, 3.8) is 0 Å². The lowest BCUT2D eigenvalue weighted by atomic mass is 9.62. The minimum atomic E-state index is -0.883. The van der Waals surface area contributed by atoms with Crippen molar-refractivity contribution >= 4 is 29.9 Å². The summed E-state index contributed by atoms with van der Waals surface area (Å²) in [5, 5.41) is 9.95. The molecule has 2 aliphatic rings. The second kappa shape index (κ2) is 9.09. The van der Waals surface area contributed by atoms with Gasteiger partial charge in [-0.2, -0.15) is 11.8 Å². The van der Waals surface area contributed by atoms with Crippen LogP contribution >= 0.6 is 11.8 Å². The first-order valence-corrected chi connectivity index (χ1v) is 13.0. The molecule has 4 rings (SSSR count). The summed E-state index contributed by atoms with van der Waals surface area (Å²) in [7, 11) is 0. The van der Waals surface area contributed by atoms with Gasteiger partial charge in [0.2, 0.25) is 0 Å². The molecule has 0 bridgehead atoms. The van der Waals surface area contributed by atoms with Gasteiger partial charge in [-0.25, -0.2) is 4.79 Å². The van der Waals surface area contributed by atoms with Crippen molar-refractivity contribution in [3.8, 4) is 0 Å². The molecule has 2 aromatic carbocycles. The molecule has 0 aromatic heterocycles. The highest BCUT2D eigenvalue weighted by Crippen LogP contribution is 2.47. The topological polar surface area (TPSA) is 37.3 Å². The van der Waals surface area contributed by atoms with Gasteiger partial charge in [0.1, 0.15) is 0 Å². The molecule has 1 saturated carbocycles. The van der Waals surface area contributed by atoms with E-state index in [2.05, 4.69) is 63.7 Å². The van der Waals surface area contributed by atoms with Crippen LogP contribution in [-0.2, 0) is 16.6 Å². The number of carboxylic acid groups (broad SMARTS) is 1. The Morgan fingerprint density at radius 2 is 1.56 bits per heavy atom. The maximum absolute atomic E-state index is 11.1. The molecular formula is C29H36O2S. The van der Waals surface area contributed by atoms with E-state index in [0.717, 1.165) is 16.6 Å². The molecule has 32 heavy (non-hydrogen) atoms. The molecule has 2 nitrogen and oxygen atoms in total. The third-order valence-electron chi connectivity index (χ3n) is 7.50.